The van der Waals surface area contributed by atoms with Crippen molar-refractivity contribution >= 4 is 0 Å². The minimum Gasteiger partial charge on any atom is -0.329 e. The Morgan fingerprint density at radius 1 is 1.38 bits per heavy atom. The zero-order valence-electron chi connectivity index (χ0n) is 10.9. The maximum atomic E-state index is 4.68. The Balaban J connectivity index is 2.28. The number of nitrogens with zero attached hydrogens (tertiary/aromatic N) is 2. The molecule has 0 spiro atoms. The number of aromatic nitrogens is 2. The first kappa shape index (κ1) is 11.6. The maximum absolute atomic E-state index is 4.68. The van der Waals surface area contributed by atoms with E-state index in [9.17, 15) is 0 Å². The molecule has 1 atom stereocenters. The third-order valence-corrected chi connectivity index (χ3v) is 3.35. The molecule has 0 saturated heterocycles. The number of rotatable bonds is 3. The summed E-state index contributed by atoms with van der Waals surface area (Å²) >= 11 is 0. The number of fused-ring (bicyclic) bond motifs is 1. The Bertz CT molecular complexity index is 365. The van der Waals surface area contributed by atoms with Crippen LogP contribution in [-0.2, 0) is 13.0 Å². The van der Waals surface area contributed by atoms with Crippen LogP contribution in [-0.4, -0.2) is 16.1 Å². The molecule has 0 amide bonds. The normalized spacial score (nSPS) is 17.6. The Hall–Kier alpha value is -0.830. The van der Waals surface area contributed by atoms with Gasteiger partial charge in [-0.3, -0.25) is 0 Å². The predicted octanol–water partition coefficient (Wildman–Crippen LogP) is 2.44. The monoisotopic (exact) mass is 221 g/mol. The lowest BCUT2D eigenvalue weighted by atomic mass is 10.0. The van der Waals surface area contributed by atoms with Crippen molar-refractivity contribution in [2.75, 3.05) is 6.54 Å². The predicted molar refractivity (Wildman–Crippen MR) is 66.5 cm³/mol. The van der Waals surface area contributed by atoms with Gasteiger partial charge in [0.25, 0.3) is 0 Å². The molecule has 0 bridgehead atoms. The van der Waals surface area contributed by atoms with E-state index in [0.717, 1.165) is 25.4 Å². The van der Waals surface area contributed by atoms with Crippen LogP contribution in [0.2, 0.25) is 0 Å². The van der Waals surface area contributed by atoms with Gasteiger partial charge >= 0.3 is 0 Å². The van der Waals surface area contributed by atoms with Crippen LogP contribution in [0.4, 0.5) is 0 Å². The molecule has 0 aliphatic carbocycles. The van der Waals surface area contributed by atoms with Gasteiger partial charge in [-0.2, -0.15) is 0 Å². The van der Waals surface area contributed by atoms with Crippen LogP contribution in [0.5, 0.6) is 0 Å². The molecule has 16 heavy (non-hydrogen) atoms. The minimum atomic E-state index is 0.578. The molecule has 0 fully saturated rings. The van der Waals surface area contributed by atoms with E-state index in [1.807, 2.05) is 0 Å². The molecule has 1 aromatic heterocycles. The molecule has 1 aromatic rings. The lowest BCUT2D eigenvalue weighted by molar-refractivity contribution is 0.409. The highest BCUT2D eigenvalue weighted by molar-refractivity contribution is 5.20. The molecule has 1 N–H and O–H groups in total. The summed E-state index contributed by atoms with van der Waals surface area (Å²) in [5.41, 5.74) is 2.73. The van der Waals surface area contributed by atoms with E-state index in [-0.39, 0.29) is 0 Å². The second kappa shape index (κ2) is 4.58. The van der Waals surface area contributed by atoms with E-state index >= 15 is 0 Å². The number of hydrogen-bond acceptors (Lipinski definition) is 2. The molecule has 1 aliphatic heterocycles. The summed E-state index contributed by atoms with van der Waals surface area (Å²) in [5, 5.41) is 3.39. The molecule has 3 nitrogen and oxygen atoms in total. The molecular formula is C13H23N3. The third kappa shape index (κ3) is 2.14. The van der Waals surface area contributed by atoms with Crippen molar-refractivity contribution in [2.45, 2.75) is 53.1 Å². The van der Waals surface area contributed by atoms with Crippen LogP contribution in [0.1, 0.15) is 50.4 Å². The van der Waals surface area contributed by atoms with Gasteiger partial charge in [0.15, 0.2) is 0 Å². The molecule has 0 aromatic carbocycles. The standard InChI is InChI=1S/C13H23N3/c1-9(2)7-10(3)16-11(4)15-12-8-14-6-5-13(12)16/h9-10,14H,5-8H2,1-4H3. The zero-order chi connectivity index (χ0) is 11.7. The SMILES string of the molecule is Cc1nc2c(n1C(C)CC(C)C)CCNC2. The van der Waals surface area contributed by atoms with Gasteiger partial charge in [-0.25, -0.2) is 4.98 Å². The highest BCUT2D eigenvalue weighted by atomic mass is 15.1. The third-order valence-electron chi connectivity index (χ3n) is 3.35. The van der Waals surface area contributed by atoms with E-state index < -0.39 is 0 Å². The van der Waals surface area contributed by atoms with Crippen LogP contribution in [0, 0.1) is 12.8 Å². The van der Waals surface area contributed by atoms with Crippen molar-refractivity contribution in [1.29, 1.82) is 0 Å². The fourth-order valence-corrected chi connectivity index (χ4v) is 2.84. The van der Waals surface area contributed by atoms with E-state index in [1.54, 1.807) is 0 Å². The molecule has 0 radical (unpaired) electrons. The fourth-order valence-electron chi connectivity index (χ4n) is 2.84. The van der Waals surface area contributed by atoms with E-state index in [4.69, 9.17) is 0 Å². The Kier molecular flexibility index (Phi) is 3.33. The van der Waals surface area contributed by atoms with Gasteiger partial charge < -0.3 is 9.88 Å². The number of aryl methyl sites for hydroxylation is 1. The Morgan fingerprint density at radius 3 is 2.81 bits per heavy atom. The first-order valence-electron chi connectivity index (χ1n) is 6.37. The van der Waals surface area contributed by atoms with Gasteiger partial charge in [-0.15, -0.1) is 0 Å². The van der Waals surface area contributed by atoms with Crippen molar-refractivity contribution in [3.63, 3.8) is 0 Å². The minimum absolute atomic E-state index is 0.578. The van der Waals surface area contributed by atoms with Crippen molar-refractivity contribution < 1.29 is 0 Å². The summed E-state index contributed by atoms with van der Waals surface area (Å²) in [6.07, 6.45) is 2.36. The zero-order valence-corrected chi connectivity index (χ0v) is 10.9. The fraction of sp³-hybridized carbons (Fsp3) is 0.769. The smallest absolute Gasteiger partial charge is 0.106 e. The van der Waals surface area contributed by atoms with Crippen molar-refractivity contribution in [1.82, 2.24) is 14.9 Å². The number of imidazole rings is 1. The van der Waals surface area contributed by atoms with Crippen LogP contribution in [0.25, 0.3) is 0 Å². The Labute approximate surface area is 98.3 Å². The van der Waals surface area contributed by atoms with Gasteiger partial charge in [0.05, 0.1) is 5.69 Å². The molecule has 1 unspecified atom stereocenters. The van der Waals surface area contributed by atoms with Crippen molar-refractivity contribution in [3.05, 3.63) is 17.2 Å². The molecule has 0 saturated carbocycles. The average Bonchev–Trinajstić information content (AvgIpc) is 2.52. The first-order chi connectivity index (χ1) is 7.59. The molecule has 2 rings (SSSR count). The van der Waals surface area contributed by atoms with Crippen LogP contribution < -0.4 is 5.32 Å². The van der Waals surface area contributed by atoms with Gasteiger partial charge in [-0.05, 0) is 26.2 Å². The molecule has 90 valence electrons. The van der Waals surface area contributed by atoms with Crippen LogP contribution in [0.3, 0.4) is 0 Å². The van der Waals surface area contributed by atoms with Gasteiger partial charge in [0.2, 0.25) is 0 Å². The van der Waals surface area contributed by atoms with E-state index in [1.165, 1.54) is 23.6 Å². The quantitative estimate of drug-likeness (QED) is 0.849. The molecule has 1 aliphatic rings. The molecular weight excluding hydrogens is 198 g/mol. The highest BCUT2D eigenvalue weighted by Gasteiger charge is 2.21. The van der Waals surface area contributed by atoms with Gasteiger partial charge in [-0.1, -0.05) is 13.8 Å². The second-order valence-electron chi connectivity index (χ2n) is 5.33. The summed E-state index contributed by atoms with van der Waals surface area (Å²) in [6, 6.07) is 0.578. The number of nitrogens with one attached hydrogen (secondary N) is 1. The average molecular weight is 221 g/mol. The number of hydrogen-bond donors (Lipinski definition) is 1. The lowest BCUT2D eigenvalue weighted by Gasteiger charge is -2.22. The van der Waals surface area contributed by atoms with E-state index in [0.29, 0.717) is 6.04 Å². The van der Waals surface area contributed by atoms with Crippen molar-refractivity contribution in [2.24, 2.45) is 5.92 Å². The van der Waals surface area contributed by atoms with Gasteiger partial charge in [0.1, 0.15) is 5.82 Å². The summed E-state index contributed by atoms with van der Waals surface area (Å²) in [5.74, 6) is 1.93. The topological polar surface area (TPSA) is 29.9 Å². The molecule has 3 heteroatoms. The summed E-state index contributed by atoms with van der Waals surface area (Å²) < 4.78 is 2.45. The van der Waals surface area contributed by atoms with Crippen LogP contribution in [0.15, 0.2) is 0 Å². The lowest BCUT2D eigenvalue weighted by Crippen LogP contribution is -2.26. The van der Waals surface area contributed by atoms with Gasteiger partial charge in [0, 0.05) is 31.2 Å². The first-order valence-corrected chi connectivity index (χ1v) is 6.37. The summed E-state index contributed by atoms with van der Waals surface area (Å²) in [7, 11) is 0. The maximum Gasteiger partial charge on any atom is 0.106 e. The van der Waals surface area contributed by atoms with Crippen LogP contribution >= 0.6 is 0 Å². The Morgan fingerprint density at radius 2 is 2.12 bits per heavy atom. The van der Waals surface area contributed by atoms with E-state index in [2.05, 4.69) is 42.6 Å². The van der Waals surface area contributed by atoms with Crippen molar-refractivity contribution in [3.8, 4) is 0 Å². The highest BCUT2D eigenvalue weighted by Crippen LogP contribution is 2.24. The molecule has 2 heterocycles. The second-order valence-corrected chi connectivity index (χ2v) is 5.33. The summed E-state index contributed by atoms with van der Waals surface area (Å²) in [4.78, 5) is 4.68. The summed E-state index contributed by atoms with van der Waals surface area (Å²) in [6.45, 7) is 11.1. The largest absolute Gasteiger partial charge is 0.329 e.